The monoisotopic (exact) mass is 222 g/mol. The Balaban J connectivity index is 1.86. The summed E-state index contributed by atoms with van der Waals surface area (Å²) in [6.45, 7) is 2.70. The smallest absolute Gasteiger partial charge is 0.238 e. The Morgan fingerprint density at radius 3 is 3.00 bits per heavy atom. The minimum Gasteiger partial charge on any atom is -0.319 e. The van der Waals surface area contributed by atoms with E-state index in [1.54, 1.807) is 11.3 Å². The molecule has 0 aromatic carbocycles. The van der Waals surface area contributed by atoms with Crippen LogP contribution in [-0.4, -0.2) is 23.4 Å². The molecule has 2 fully saturated rings. The van der Waals surface area contributed by atoms with E-state index in [1.165, 1.54) is 5.56 Å². The third-order valence-corrected chi connectivity index (χ3v) is 4.00. The zero-order valence-corrected chi connectivity index (χ0v) is 9.46. The van der Waals surface area contributed by atoms with E-state index >= 15 is 0 Å². The minimum atomic E-state index is 0.124. The van der Waals surface area contributed by atoms with Crippen molar-refractivity contribution >= 4 is 17.2 Å². The quantitative estimate of drug-likeness (QED) is 0.824. The maximum Gasteiger partial charge on any atom is 0.238 e. The molecular weight excluding hydrogens is 208 g/mol. The van der Waals surface area contributed by atoms with Crippen LogP contribution in [0.5, 0.6) is 0 Å². The van der Waals surface area contributed by atoms with Crippen molar-refractivity contribution < 1.29 is 4.79 Å². The number of nitrogens with one attached hydrogen (secondary N) is 1. The zero-order chi connectivity index (χ0) is 10.4. The van der Waals surface area contributed by atoms with Crippen molar-refractivity contribution in [2.75, 3.05) is 6.54 Å². The number of carbonyl (C=O) groups excluding carboxylic acids is 1. The van der Waals surface area contributed by atoms with Crippen LogP contribution in [0.15, 0.2) is 16.8 Å². The molecule has 1 aromatic heterocycles. The van der Waals surface area contributed by atoms with Crippen LogP contribution in [0.1, 0.15) is 25.1 Å². The molecule has 3 unspecified atom stereocenters. The highest BCUT2D eigenvalue weighted by molar-refractivity contribution is 7.07. The van der Waals surface area contributed by atoms with E-state index in [4.69, 9.17) is 0 Å². The maximum absolute atomic E-state index is 11.8. The molecule has 3 nitrogen and oxygen atoms in total. The van der Waals surface area contributed by atoms with E-state index < -0.39 is 0 Å². The Morgan fingerprint density at radius 1 is 1.60 bits per heavy atom. The first kappa shape index (κ1) is 9.36. The molecule has 1 aromatic rings. The molecule has 2 heterocycles. The number of hydrogen-bond acceptors (Lipinski definition) is 3. The van der Waals surface area contributed by atoms with Crippen molar-refractivity contribution in [3.05, 3.63) is 22.4 Å². The van der Waals surface area contributed by atoms with Crippen molar-refractivity contribution in [3.63, 3.8) is 0 Å². The number of thiophene rings is 1. The Kier molecular flexibility index (Phi) is 2.07. The number of carbonyl (C=O) groups is 1. The highest BCUT2D eigenvalue weighted by atomic mass is 32.1. The third-order valence-electron chi connectivity index (χ3n) is 3.30. The number of rotatable bonds is 2. The second-order valence-electron chi connectivity index (χ2n) is 4.42. The fourth-order valence-electron chi connectivity index (χ4n) is 2.29. The highest BCUT2D eigenvalue weighted by Gasteiger charge is 2.46. The molecule has 15 heavy (non-hydrogen) atoms. The van der Waals surface area contributed by atoms with Gasteiger partial charge in [-0.2, -0.15) is 11.3 Å². The SMILES string of the molecule is CC1CC1N1C(=O)CNC1c1ccsc1. The average molecular weight is 222 g/mol. The Morgan fingerprint density at radius 2 is 2.40 bits per heavy atom. The Bertz CT molecular complexity index is 376. The highest BCUT2D eigenvalue weighted by Crippen LogP contribution is 2.40. The second kappa shape index (κ2) is 3.32. The molecule has 1 aliphatic heterocycles. The Labute approximate surface area is 93.1 Å². The van der Waals surface area contributed by atoms with Crippen LogP contribution in [0.3, 0.4) is 0 Å². The lowest BCUT2D eigenvalue weighted by Gasteiger charge is -2.23. The number of nitrogens with zero attached hydrogens (tertiary/aromatic N) is 1. The molecular formula is C11H14N2OS. The molecule has 1 saturated carbocycles. The molecule has 0 bridgehead atoms. The van der Waals surface area contributed by atoms with Gasteiger partial charge in [0, 0.05) is 6.04 Å². The van der Waals surface area contributed by atoms with Crippen LogP contribution in [0, 0.1) is 5.92 Å². The van der Waals surface area contributed by atoms with Gasteiger partial charge in [-0.3, -0.25) is 10.1 Å². The van der Waals surface area contributed by atoms with Crippen molar-refractivity contribution in [1.29, 1.82) is 0 Å². The van der Waals surface area contributed by atoms with E-state index in [-0.39, 0.29) is 12.1 Å². The first-order valence-corrected chi connectivity index (χ1v) is 6.28. The molecule has 2 aliphatic rings. The molecule has 1 amide bonds. The van der Waals surface area contributed by atoms with Crippen molar-refractivity contribution in [2.24, 2.45) is 5.92 Å². The van der Waals surface area contributed by atoms with Gasteiger partial charge >= 0.3 is 0 Å². The van der Waals surface area contributed by atoms with E-state index in [2.05, 4.69) is 29.1 Å². The summed E-state index contributed by atoms with van der Waals surface area (Å²) in [4.78, 5) is 13.8. The van der Waals surface area contributed by atoms with Gasteiger partial charge in [-0.15, -0.1) is 0 Å². The molecule has 80 valence electrons. The van der Waals surface area contributed by atoms with Gasteiger partial charge < -0.3 is 4.90 Å². The van der Waals surface area contributed by atoms with Crippen LogP contribution in [0.25, 0.3) is 0 Å². The van der Waals surface area contributed by atoms with Gasteiger partial charge in [-0.1, -0.05) is 6.92 Å². The lowest BCUT2D eigenvalue weighted by atomic mass is 10.2. The topological polar surface area (TPSA) is 32.3 Å². The van der Waals surface area contributed by atoms with Crippen molar-refractivity contribution in [2.45, 2.75) is 25.6 Å². The summed E-state index contributed by atoms with van der Waals surface area (Å²) in [7, 11) is 0. The van der Waals surface area contributed by atoms with Gasteiger partial charge in [0.15, 0.2) is 0 Å². The van der Waals surface area contributed by atoms with Gasteiger partial charge in [-0.05, 0) is 34.7 Å². The second-order valence-corrected chi connectivity index (χ2v) is 5.20. The van der Waals surface area contributed by atoms with Gasteiger partial charge in [-0.25, -0.2) is 0 Å². The normalized spacial score (nSPS) is 34.9. The number of hydrogen-bond donors (Lipinski definition) is 1. The lowest BCUT2D eigenvalue weighted by Crippen LogP contribution is -2.32. The van der Waals surface area contributed by atoms with E-state index in [0.29, 0.717) is 18.5 Å². The summed E-state index contributed by atoms with van der Waals surface area (Å²) in [6.07, 6.45) is 1.28. The number of amides is 1. The van der Waals surface area contributed by atoms with Gasteiger partial charge in [0.25, 0.3) is 0 Å². The summed E-state index contributed by atoms with van der Waals surface area (Å²) in [5.41, 5.74) is 1.23. The van der Waals surface area contributed by atoms with Gasteiger partial charge in [0.05, 0.1) is 6.54 Å². The lowest BCUT2D eigenvalue weighted by molar-refractivity contribution is -0.128. The Hall–Kier alpha value is -0.870. The van der Waals surface area contributed by atoms with Crippen molar-refractivity contribution in [1.82, 2.24) is 10.2 Å². The third kappa shape index (κ3) is 1.48. The summed E-state index contributed by atoms with van der Waals surface area (Å²) < 4.78 is 0. The van der Waals surface area contributed by atoms with Crippen LogP contribution < -0.4 is 5.32 Å². The van der Waals surface area contributed by atoms with E-state index in [1.807, 2.05) is 4.90 Å². The van der Waals surface area contributed by atoms with Crippen molar-refractivity contribution in [3.8, 4) is 0 Å². The molecule has 1 N–H and O–H groups in total. The van der Waals surface area contributed by atoms with Crippen LogP contribution in [0.2, 0.25) is 0 Å². The fraction of sp³-hybridized carbons (Fsp3) is 0.545. The van der Waals surface area contributed by atoms with Gasteiger partial charge in [0.2, 0.25) is 5.91 Å². The predicted octanol–water partition coefficient (Wildman–Crippen LogP) is 1.59. The van der Waals surface area contributed by atoms with E-state index in [0.717, 1.165) is 6.42 Å². The van der Waals surface area contributed by atoms with E-state index in [9.17, 15) is 4.79 Å². The molecule has 3 rings (SSSR count). The summed E-state index contributed by atoms with van der Waals surface area (Å²) in [5, 5.41) is 7.47. The first-order chi connectivity index (χ1) is 7.27. The molecule has 3 atom stereocenters. The van der Waals surface area contributed by atoms with Crippen LogP contribution in [0.4, 0.5) is 0 Å². The average Bonchev–Trinajstić information content (AvgIpc) is 2.72. The molecule has 0 spiro atoms. The summed E-state index contributed by atoms with van der Waals surface area (Å²) in [5.74, 6) is 0.926. The molecule has 1 aliphatic carbocycles. The van der Waals surface area contributed by atoms with Gasteiger partial charge in [0.1, 0.15) is 6.17 Å². The standard InChI is InChI=1S/C11H14N2OS/c1-7-4-9(7)13-10(14)5-12-11(13)8-2-3-15-6-8/h2-3,6-7,9,11-12H,4-5H2,1H3. The minimum absolute atomic E-state index is 0.124. The fourth-order valence-corrected chi connectivity index (χ4v) is 2.97. The molecule has 1 saturated heterocycles. The largest absolute Gasteiger partial charge is 0.319 e. The first-order valence-electron chi connectivity index (χ1n) is 5.34. The molecule has 4 heteroatoms. The molecule has 0 radical (unpaired) electrons. The van der Waals surface area contributed by atoms with Crippen LogP contribution >= 0.6 is 11.3 Å². The zero-order valence-electron chi connectivity index (χ0n) is 8.64. The summed E-state index contributed by atoms with van der Waals surface area (Å²) in [6, 6.07) is 2.57. The maximum atomic E-state index is 11.8. The summed E-state index contributed by atoms with van der Waals surface area (Å²) >= 11 is 1.68. The predicted molar refractivity (Wildman–Crippen MR) is 59.5 cm³/mol. The van der Waals surface area contributed by atoms with Crippen LogP contribution in [-0.2, 0) is 4.79 Å².